The molecule has 3 rings (SSSR count). The second kappa shape index (κ2) is 6.35. The summed E-state index contributed by atoms with van der Waals surface area (Å²) < 4.78 is 0. The molecule has 0 saturated carbocycles. The van der Waals surface area contributed by atoms with E-state index in [9.17, 15) is 9.59 Å². The molecule has 1 heterocycles. The number of benzene rings is 2. The number of nitrogens with one attached hydrogen (secondary N) is 1. The summed E-state index contributed by atoms with van der Waals surface area (Å²) in [5.74, 6) is -0.424. The molecule has 5 nitrogen and oxygen atoms in total. The van der Waals surface area contributed by atoms with Crippen molar-refractivity contribution in [2.75, 3.05) is 10.2 Å². The van der Waals surface area contributed by atoms with Gasteiger partial charge in [0.2, 0.25) is 5.91 Å². The number of anilines is 2. The normalized spacial score (nSPS) is 19.5. The van der Waals surface area contributed by atoms with Crippen LogP contribution >= 0.6 is 0 Å². The van der Waals surface area contributed by atoms with E-state index in [1.165, 1.54) is 0 Å². The first-order chi connectivity index (χ1) is 11.5. The third-order valence-electron chi connectivity index (χ3n) is 4.45. The van der Waals surface area contributed by atoms with E-state index in [1.807, 2.05) is 48.2 Å². The molecule has 2 aromatic rings. The molecule has 0 aliphatic carbocycles. The van der Waals surface area contributed by atoms with Crippen LogP contribution < -0.4 is 16.0 Å². The van der Waals surface area contributed by atoms with Crippen molar-refractivity contribution < 1.29 is 9.59 Å². The van der Waals surface area contributed by atoms with Crippen LogP contribution in [0.25, 0.3) is 0 Å². The summed E-state index contributed by atoms with van der Waals surface area (Å²) in [5, 5.41) is 3.44. The predicted octanol–water partition coefficient (Wildman–Crippen LogP) is 3.08. The number of nitrogens with zero attached hydrogens (tertiary/aromatic N) is 1. The standard InChI is InChI=1S/C19H21N3O2/c1-12-11-17(21-16-9-5-3-8-15(16)19(20)24)14-7-4-6-10-18(14)22(12)13(2)23/h3-10,12,17,21H,11H2,1-2H3,(H2,20,24). The molecule has 3 N–H and O–H groups in total. The second-order valence-electron chi connectivity index (χ2n) is 6.14. The van der Waals surface area contributed by atoms with E-state index in [1.54, 1.807) is 19.1 Å². The van der Waals surface area contributed by atoms with Gasteiger partial charge in [-0.25, -0.2) is 0 Å². The molecule has 1 aliphatic rings. The number of rotatable bonds is 3. The lowest BCUT2D eigenvalue weighted by Crippen LogP contribution is -2.43. The van der Waals surface area contributed by atoms with E-state index < -0.39 is 5.91 Å². The van der Waals surface area contributed by atoms with Crippen molar-refractivity contribution >= 4 is 23.2 Å². The fourth-order valence-electron chi connectivity index (χ4n) is 3.44. The van der Waals surface area contributed by atoms with E-state index >= 15 is 0 Å². The molecule has 24 heavy (non-hydrogen) atoms. The zero-order valence-corrected chi connectivity index (χ0v) is 13.8. The van der Waals surface area contributed by atoms with Crippen molar-refractivity contribution in [2.45, 2.75) is 32.4 Å². The van der Waals surface area contributed by atoms with E-state index in [-0.39, 0.29) is 18.0 Å². The van der Waals surface area contributed by atoms with Crippen LogP contribution in [0.15, 0.2) is 48.5 Å². The predicted molar refractivity (Wildman–Crippen MR) is 95.0 cm³/mol. The van der Waals surface area contributed by atoms with Crippen molar-refractivity contribution in [1.29, 1.82) is 0 Å². The van der Waals surface area contributed by atoms with Crippen LogP contribution in [0.3, 0.4) is 0 Å². The van der Waals surface area contributed by atoms with Crippen molar-refractivity contribution in [3.8, 4) is 0 Å². The number of hydrogen-bond donors (Lipinski definition) is 2. The smallest absolute Gasteiger partial charge is 0.250 e. The number of carbonyl (C=O) groups excluding carboxylic acids is 2. The van der Waals surface area contributed by atoms with Gasteiger partial charge in [-0.05, 0) is 37.1 Å². The Bertz CT molecular complexity index is 788. The lowest BCUT2D eigenvalue weighted by molar-refractivity contribution is -0.117. The summed E-state index contributed by atoms with van der Waals surface area (Å²) >= 11 is 0. The van der Waals surface area contributed by atoms with Crippen LogP contribution in [0.4, 0.5) is 11.4 Å². The first-order valence-electron chi connectivity index (χ1n) is 8.03. The molecule has 5 heteroatoms. The fourth-order valence-corrected chi connectivity index (χ4v) is 3.44. The third-order valence-corrected chi connectivity index (χ3v) is 4.45. The van der Waals surface area contributed by atoms with Gasteiger partial charge in [-0.3, -0.25) is 9.59 Å². The van der Waals surface area contributed by atoms with Crippen LogP contribution in [0.1, 0.15) is 42.2 Å². The summed E-state index contributed by atoms with van der Waals surface area (Å²) in [6.45, 7) is 3.62. The Morgan fingerprint density at radius 3 is 2.50 bits per heavy atom. The van der Waals surface area contributed by atoms with Gasteiger partial charge >= 0.3 is 0 Å². The maximum Gasteiger partial charge on any atom is 0.250 e. The van der Waals surface area contributed by atoms with E-state index in [0.717, 1.165) is 17.7 Å². The van der Waals surface area contributed by atoms with Gasteiger partial charge in [-0.15, -0.1) is 0 Å². The van der Waals surface area contributed by atoms with Gasteiger partial charge in [0.05, 0.1) is 11.6 Å². The molecule has 1 aliphatic heterocycles. The monoisotopic (exact) mass is 323 g/mol. The Labute approximate surface area is 141 Å². The summed E-state index contributed by atoms with van der Waals surface area (Å²) in [7, 11) is 0. The number of primary amides is 1. The van der Waals surface area contributed by atoms with Crippen molar-refractivity contribution in [3.63, 3.8) is 0 Å². The topological polar surface area (TPSA) is 75.4 Å². The molecule has 2 unspecified atom stereocenters. The van der Waals surface area contributed by atoms with Crippen LogP contribution in [-0.2, 0) is 4.79 Å². The lowest BCUT2D eigenvalue weighted by atomic mass is 9.91. The van der Waals surface area contributed by atoms with Gasteiger partial charge in [0.1, 0.15) is 0 Å². The Balaban J connectivity index is 2.00. The average molecular weight is 323 g/mol. The Kier molecular flexibility index (Phi) is 4.25. The van der Waals surface area contributed by atoms with E-state index in [4.69, 9.17) is 5.73 Å². The maximum absolute atomic E-state index is 12.0. The minimum Gasteiger partial charge on any atom is -0.377 e. The van der Waals surface area contributed by atoms with Crippen molar-refractivity contribution in [2.24, 2.45) is 5.73 Å². The van der Waals surface area contributed by atoms with Crippen LogP contribution in [-0.4, -0.2) is 17.9 Å². The average Bonchev–Trinajstić information content (AvgIpc) is 2.54. The van der Waals surface area contributed by atoms with Crippen molar-refractivity contribution in [1.82, 2.24) is 0 Å². The SMILES string of the molecule is CC(=O)N1c2ccccc2C(Nc2ccccc2C(N)=O)CC1C. The van der Waals surface area contributed by atoms with Gasteiger partial charge in [0.25, 0.3) is 5.91 Å². The molecule has 0 radical (unpaired) electrons. The third kappa shape index (κ3) is 2.85. The summed E-state index contributed by atoms with van der Waals surface area (Å²) in [5.41, 5.74) is 8.62. The fraction of sp³-hybridized carbons (Fsp3) is 0.263. The number of nitrogens with two attached hydrogens (primary N) is 1. The summed E-state index contributed by atoms with van der Waals surface area (Å²) in [4.78, 5) is 25.5. The maximum atomic E-state index is 12.0. The Hall–Kier alpha value is -2.82. The van der Waals surface area contributed by atoms with Crippen LogP contribution in [0.2, 0.25) is 0 Å². The number of hydrogen-bond acceptors (Lipinski definition) is 3. The zero-order valence-electron chi connectivity index (χ0n) is 13.8. The molecular weight excluding hydrogens is 302 g/mol. The van der Waals surface area contributed by atoms with E-state index in [2.05, 4.69) is 5.32 Å². The minimum atomic E-state index is -0.458. The number of fused-ring (bicyclic) bond motifs is 1. The largest absolute Gasteiger partial charge is 0.377 e. The number of amides is 2. The van der Waals surface area contributed by atoms with E-state index in [0.29, 0.717) is 11.3 Å². The highest BCUT2D eigenvalue weighted by Crippen LogP contribution is 2.39. The first-order valence-corrected chi connectivity index (χ1v) is 8.03. The van der Waals surface area contributed by atoms with Crippen LogP contribution in [0.5, 0.6) is 0 Å². The highest BCUT2D eigenvalue weighted by molar-refractivity contribution is 5.98. The Morgan fingerprint density at radius 1 is 1.12 bits per heavy atom. The van der Waals surface area contributed by atoms with Gasteiger partial charge in [0, 0.05) is 24.3 Å². The molecular formula is C19H21N3O2. The van der Waals surface area contributed by atoms with Gasteiger partial charge in [-0.1, -0.05) is 30.3 Å². The Morgan fingerprint density at radius 2 is 1.79 bits per heavy atom. The number of carbonyl (C=O) groups is 2. The highest BCUT2D eigenvalue weighted by atomic mass is 16.2. The van der Waals surface area contributed by atoms with Gasteiger partial charge < -0.3 is 16.0 Å². The molecule has 0 fully saturated rings. The molecule has 0 saturated heterocycles. The minimum absolute atomic E-state index is 0.00676. The van der Waals surface area contributed by atoms with Crippen LogP contribution in [0, 0.1) is 0 Å². The summed E-state index contributed by atoms with van der Waals surface area (Å²) in [6, 6.07) is 15.2. The molecule has 0 spiro atoms. The number of para-hydroxylation sites is 2. The molecule has 0 aromatic heterocycles. The summed E-state index contributed by atoms with van der Waals surface area (Å²) in [6.07, 6.45) is 0.754. The zero-order chi connectivity index (χ0) is 17.3. The van der Waals surface area contributed by atoms with Crippen molar-refractivity contribution in [3.05, 3.63) is 59.7 Å². The second-order valence-corrected chi connectivity index (χ2v) is 6.14. The van der Waals surface area contributed by atoms with Gasteiger partial charge in [-0.2, -0.15) is 0 Å². The quantitative estimate of drug-likeness (QED) is 0.911. The lowest BCUT2D eigenvalue weighted by Gasteiger charge is -2.39. The molecule has 2 atom stereocenters. The molecule has 2 amide bonds. The molecule has 2 aromatic carbocycles. The van der Waals surface area contributed by atoms with Gasteiger partial charge in [0.15, 0.2) is 0 Å². The molecule has 124 valence electrons. The highest BCUT2D eigenvalue weighted by Gasteiger charge is 2.32. The molecule has 0 bridgehead atoms. The first kappa shape index (κ1) is 16.1.